The molecule has 0 bridgehead atoms. The van der Waals surface area contributed by atoms with Crippen LogP contribution in [-0.4, -0.2) is 4.57 Å². The average Bonchev–Trinajstić information content (AvgIpc) is 3.63. The molecule has 0 atom stereocenters. The van der Waals surface area contributed by atoms with Crippen molar-refractivity contribution in [2.75, 3.05) is 0 Å². The Kier molecular flexibility index (Phi) is 5.75. The number of hydrogen-bond acceptors (Lipinski definition) is 1. The van der Waals surface area contributed by atoms with Crippen LogP contribution in [0.1, 0.15) is 0 Å². The largest absolute Gasteiger partial charge is 0.309 e. The van der Waals surface area contributed by atoms with Crippen molar-refractivity contribution >= 4 is 53.3 Å². The first-order valence-electron chi connectivity index (χ1n) is 15.0. The van der Waals surface area contributed by atoms with Gasteiger partial charge in [-0.2, -0.15) is 0 Å². The van der Waals surface area contributed by atoms with E-state index in [1.165, 1.54) is 81.0 Å². The molecule has 0 radical (unpaired) electrons. The number of nitrogens with zero attached hydrogens (tertiary/aromatic N) is 1. The van der Waals surface area contributed by atoms with E-state index in [2.05, 4.69) is 168 Å². The molecule has 0 N–H and O–H groups in total. The average molecular weight is 578 g/mol. The predicted octanol–water partition coefficient (Wildman–Crippen LogP) is 12.2. The standard InChI is InChI=1S/C42H27NS/c1-3-10-28(11-4-1)30-14-9-15-31(24-30)33-19-22-40-37(26-33)36-25-32(29-12-5-2-6-13-29)18-21-39(36)43(40)34-20-23-42-38(27-34)35-16-7-8-17-41(35)44-42/h1-27H. The lowest BCUT2D eigenvalue weighted by atomic mass is 9.97. The summed E-state index contributed by atoms with van der Waals surface area (Å²) in [5.74, 6) is 0. The lowest BCUT2D eigenvalue weighted by Gasteiger charge is -2.10. The highest BCUT2D eigenvalue weighted by atomic mass is 32.1. The Bertz CT molecular complexity index is 2480. The molecule has 2 heteroatoms. The molecule has 0 saturated carbocycles. The Labute approximate surface area is 259 Å². The normalized spacial score (nSPS) is 11.6. The van der Waals surface area contributed by atoms with Gasteiger partial charge in [0.25, 0.3) is 0 Å². The lowest BCUT2D eigenvalue weighted by molar-refractivity contribution is 1.19. The Hall–Kier alpha value is -5.44. The van der Waals surface area contributed by atoms with Crippen molar-refractivity contribution in [1.82, 2.24) is 4.57 Å². The van der Waals surface area contributed by atoms with Gasteiger partial charge in [0.15, 0.2) is 0 Å². The molecule has 9 aromatic rings. The summed E-state index contributed by atoms with van der Waals surface area (Å²) in [7, 11) is 0. The summed E-state index contributed by atoms with van der Waals surface area (Å²) in [6.07, 6.45) is 0. The van der Waals surface area contributed by atoms with Crippen LogP contribution in [-0.2, 0) is 0 Å². The van der Waals surface area contributed by atoms with Gasteiger partial charge in [0.05, 0.1) is 11.0 Å². The number of benzene rings is 7. The maximum atomic E-state index is 2.44. The molecule has 9 rings (SSSR count). The molecule has 206 valence electrons. The Morgan fingerprint density at radius 1 is 0.318 bits per heavy atom. The van der Waals surface area contributed by atoms with Crippen LogP contribution in [0.15, 0.2) is 164 Å². The van der Waals surface area contributed by atoms with Crippen LogP contribution in [0.5, 0.6) is 0 Å². The maximum absolute atomic E-state index is 2.44. The van der Waals surface area contributed by atoms with Crippen molar-refractivity contribution in [3.63, 3.8) is 0 Å². The van der Waals surface area contributed by atoms with Gasteiger partial charge in [-0.15, -0.1) is 11.3 Å². The summed E-state index contributed by atoms with van der Waals surface area (Å²) in [5.41, 5.74) is 11.0. The van der Waals surface area contributed by atoms with Crippen LogP contribution in [0, 0.1) is 0 Å². The SMILES string of the molecule is c1ccc(-c2cccc(-c3ccc4c(c3)c3cc(-c5ccccc5)ccc3n4-c3ccc4sc5ccccc5c4c3)c2)cc1. The molecular weight excluding hydrogens is 551 g/mol. The van der Waals surface area contributed by atoms with Gasteiger partial charge >= 0.3 is 0 Å². The molecule has 0 saturated heterocycles. The monoisotopic (exact) mass is 577 g/mol. The summed E-state index contributed by atoms with van der Waals surface area (Å²) < 4.78 is 5.09. The molecular formula is C42H27NS. The van der Waals surface area contributed by atoms with E-state index in [1.807, 2.05) is 11.3 Å². The van der Waals surface area contributed by atoms with Gasteiger partial charge in [0.1, 0.15) is 0 Å². The first kappa shape index (κ1) is 25.1. The third kappa shape index (κ3) is 4.07. The summed E-state index contributed by atoms with van der Waals surface area (Å²) in [4.78, 5) is 0. The van der Waals surface area contributed by atoms with E-state index in [4.69, 9.17) is 0 Å². The zero-order valence-electron chi connectivity index (χ0n) is 23.9. The fraction of sp³-hybridized carbons (Fsp3) is 0. The quantitative estimate of drug-likeness (QED) is 0.196. The van der Waals surface area contributed by atoms with E-state index in [-0.39, 0.29) is 0 Å². The smallest absolute Gasteiger partial charge is 0.0541 e. The van der Waals surface area contributed by atoms with E-state index in [0.717, 1.165) is 0 Å². The second-order valence-electron chi connectivity index (χ2n) is 11.4. The molecule has 0 aliphatic heterocycles. The minimum absolute atomic E-state index is 1.19. The zero-order chi connectivity index (χ0) is 29.0. The third-order valence-corrected chi connectivity index (χ3v) is 9.95. The number of rotatable bonds is 4. The van der Waals surface area contributed by atoms with Crippen molar-refractivity contribution in [1.29, 1.82) is 0 Å². The molecule has 2 heterocycles. The first-order valence-corrected chi connectivity index (χ1v) is 15.8. The van der Waals surface area contributed by atoms with Crippen LogP contribution in [0.2, 0.25) is 0 Å². The molecule has 44 heavy (non-hydrogen) atoms. The number of thiophene rings is 1. The van der Waals surface area contributed by atoms with Gasteiger partial charge < -0.3 is 4.57 Å². The predicted molar refractivity (Wildman–Crippen MR) is 190 cm³/mol. The van der Waals surface area contributed by atoms with Crippen molar-refractivity contribution < 1.29 is 0 Å². The van der Waals surface area contributed by atoms with Gasteiger partial charge in [0.2, 0.25) is 0 Å². The number of fused-ring (bicyclic) bond motifs is 6. The van der Waals surface area contributed by atoms with Gasteiger partial charge in [-0.05, 0) is 88.0 Å². The second-order valence-corrected chi connectivity index (χ2v) is 12.5. The van der Waals surface area contributed by atoms with Crippen molar-refractivity contribution in [2.45, 2.75) is 0 Å². The fourth-order valence-corrected chi connectivity index (χ4v) is 7.74. The number of hydrogen-bond donors (Lipinski definition) is 0. The molecule has 0 fully saturated rings. The highest BCUT2D eigenvalue weighted by molar-refractivity contribution is 7.25. The molecule has 0 aliphatic carbocycles. The maximum Gasteiger partial charge on any atom is 0.0541 e. The van der Waals surface area contributed by atoms with E-state index < -0.39 is 0 Å². The molecule has 0 spiro atoms. The summed E-state index contributed by atoms with van der Waals surface area (Å²) in [5, 5.41) is 5.16. The molecule has 7 aromatic carbocycles. The molecule has 0 amide bonds. The minimum atomic E-state index is 1.19. The van der Waals surface area contributed by atoms with E-state index in [0.29, 0.717) is 0 Å². The van der Waals surface area contributed by atoms with Crippen LogP contribution >= 0.6 is 11.3 Å². The summed E-state index contributed by atoms with van der Waals surface area (Å²) in [6.45, 7) is 0. The highest BCUT2D eigenvalue weighted by Crippen LogP contribution is 2.40. The molecule has 0 aliphatic rings. The third-order valence-electron chi connectivity index (χ3n) is 8.79. The Morgan fingerprint density at radius 3 is 1.52 bits per heavy atom. The summed E-state index contributed by atoms with van der Waals surface area (Å²) >= 11 is 1.86. The Balaban J connectivity index is 1.28. The first-order chi connectivity index (χ1) is 21.8. The highest BCUT2D eigenvalue weighted by Gasteiger charge is 2.16. The van der Waals surface area contributed by atoms with Crippen molar-refractivity contribution in [3.8, 4) is 39.1 Å². The molecule has 0 unspecified atom stereocenters. The second kappa shape index (κ2) is 10.1. The van der Waals surface area contributed by atoms with E-state index >= 15 is 0 Å². The van der Waals surface area contributed by atoms with E-state index in [9.17, 15) is 0 Å². The van der Waals surface area contributed by atoms with Gasteiger partial charge in [-0.1, -0.05) is 109 Å². The molecule has 1 nitrogen and oxygen atoms in total. The van der Waals surface area contributed by atoms with Crippen LogP contribution in [0.3, 0.4) is 0 Å². The topological polar surface area (TPSA) is 4.93 Å². The Morgan fingerprint density at radius 2 is 0.841 bits per heavy atom. The number of aromatic nitrogens is 1. The van der Waals surface area contributed by atoms with Crippen molar-refractivity contribution in [3.05, 3.63) is 164 Å². The van der Waals surface area contributed by atoms with E-state index in [1.54, 1.807) is 0 Å². The van der Waals surface area contributed by atoms with Crippen LogP contribution in [0.4, 0.5) is 0 Å². The fourth-order valence-electron chi connectivity index (χ4n) is 6.65. The van der Waals surface area contributed by atoms with Crippen LogP contribution < -0.4 is 0 Å². The minimum Gasteiger partial charge on any atom is -0.309 e. The summed E-state index contributed by atoms with van der Waals surface area (Å²) in [6, 6.07) is 59.7. The van der Waals surface area contributed by atoms with Gasteiger partial charge in [0, 0.05) is 36.6 Å². The zero-order valence-corrected chi connectivity index (χ0v) is 24.8. The van der Waals surface area contributed by atoms with Gasteiger partial charge in [-0.25, -0.2) is 0 Å². The lowest BCUT2D eigenvalue weighted by Crippen LogP contribution is -1.93. The molecule has 2 aromatic heterocycles. The van der Waals surface area contributed by atoms with Crippen molar-refractivity contribution in [2.24, 2.45) is 0 Å². The van der Waals surface area contributed by atoms with Crippen LogP contribution in [0.25, 0.3) is 81.0 Å². The van der Waals surface area contributed by atoms with Gasteiger partial charge in [-0.3, -0.25) is 0 Å².